The molecule has 1 N–H and O–H groups in total. The Morgan fingerprint density at radius 2 is 2.15 bits per heavy atom. The lowest BCUT2D eigenvalue weighted by molar-refractivity contribution is 0.208. The van der Waals surface area contributed by atoms with E-state index in [0.717, 1.165) is 25.7 Å². The molecular weight excluding hydrogens is 250 g/mol. The molecule has 4 nitrogen and oxygen atoms in total. The van der Waals surface area contributed by atoms with E-state index in [4.69, 9.17) is 0 Å². The van der Waals surface area contributed by atoms with Gasteiger partial charge >= 0.3 is 0 Å². The van der Waals surface area contributed by atoms with E-state index in [9.17, 15) is 4.79 Å². The first kappa shape index (κ1) is 13.8. The fourth-order valence-electron chi connectivity index (χ4n) is 3.11. The van der Waals surface area contributed by atoms with Crippen molar-refractivity contribution < 1.29 is 0 Å². The summed E-state index contributed by atoms with van der Waals surface area (Å²) in [6, 6.07) is 6.80. The molecule has 1 saturated carbocycles. The predicted molar refractivity (Wildman–Crippen MR) is 80.9 cm³/mol. The highest BCUT2D eigenvalue weighted by Crippen LogP contribution is 2.27. The van der Waals surface area contributed by atoms with Gasteiger partial charge < -0.3 is 9.88 Å². The highest BCUT2D eigenvalue weighted by molar-refractivity contribution is 4.94. The van der Waals surface area contributed by atoms with Crippen LogP contribution in [0.4, 0.5) is 0 Å². The summed E-state index contributed by atoms with van der Waals surface area (Å²) in [5.74, 6) is 0. The van der Waals surface area contributed by atoms with Crippen LogP contribution in [0.2, 0.25) is 0 Å². The molecule has 1 aliphatic heterocycles. The second kappa shape index (κ2) is 6.55. The first-order valence-corrected chi connectivity index (χ1v) is 7.96. The number of aromatic nitrogens is 1. The van der Waals surface area contributed by atoms with Crippen LogP contribution in [-0.2, 0) is 6.54 Å². The summed E-state index contributed by atoms with van der Waals surface area (Å²) < 4.78 is 1.82. The number of hydrogen-bond acceptors (Lipinski definition) is 3. The normalized spacial score (nSPS) is 23.1. The third-order valence-corrected chi connectivity index (χ3v) is 4.46. The Hall–Kier alpha value is -1.13. The summed E-state index contributed by atoms with van der Waals surface area (Å²) >= 11 is 0. The van der Waals surface area contributed by atoms with E-state index >= 15 is 0 Å². The van der Waals surface area contributed by atoms with E-state index in [0.29, 0.717) is 6.04 Å². The highest BCUT2D eigenvalue weighted by Gasteiger charge is 2.30. The van der Waals surface area contributed by atoms with Gasteiger partial charge in [0.1, 0.15) is 0 Å². The molecule has 4 heteroatoms. The van der Waals surface area contributed by atoms with Crippen LogP contribution in [0.5, 0.6) is 0 Å². The van der Waals surface area contributed by atoms with Crippen LogP contribution in [0.1, 0.15) is 32.1 Å². The summed E-state index contributed by atoms with van der Waals surface area (Å²) in [6.45, 7) is 4.11. The summed E-state index contributed by atoms with van der Waals surface area (Å²) in [7, 11) is 0. The predicted octanol–water partition coefficient (Wildman–Crippen LogP) is 1.45. The van der Waals surface area contributed by atoms with Gasteiger partial charge in [-0.1, -0.05) is 12.5 Å². The third kappa shape index (κ3) is 3.70. The van der Waals surface area contributed by atoms with Crippen molar-refractivity contribution >= 4 is 0 Å². The summed E-state index contributed by atoms with van der Waals surface area (Å²) in [5.41, 5.74) is 0.110. The van der Waals surface area contributed by atoms with Crippen LogP contribution in [0, 0.1) is 0 Å². The molecule has 1 atom stereocenters. The maximum atomic E-state index is 11.7. The SMILES string of the molecule is O=c1ccccn1CCN(CC1CCCCN1)C1CC1. The van der Waals surface area contributed by atoms with Crippen LogP contribution in [-0.4, -0.2) is 41.2 Å². The molecule has 1 aliphatic carbocycles. The standard InChI is InChI=1S/C16H25N3O/c20-16-6-2-4-10-18(16)11-12-19(15-7-8-15)13-14-5-1-3-9-17-14/h2,4,6,10,14-15,17H,1,3,5,7-9,11-13H2. The molecule has 2 aliphatic rings. The minimum atomic E-state index is 0.110. The Labute approximate surface area is 120 Å². The molecule has 0 bridgehead atoms. The number of hydrogen-bond donors (Lipinski definition) is 1. The first-order chi connectivity index (χ1) is 9.83. The van der Waals surface area contributed by atoms with Crippen molar-refractivity contribution in [1.29, 1.82) is 0 Å². The average Bonchev–Trinajstić information content (AvgIpc) is 3.31. The van der Waals surface area contributed by atoms with Crippen molar-refractivity contribution in [3.8, 4) is 0 Å². The molecule has 2 heterocycles. The molecule has 0 amide bonds. The summed E-state index contributed by atoms with van der Waals surface area (Å²) in [4.78, 5) is 14.3. The second-order valence-corrected chi connectivity index (χ2v) is 6.11. The topological polar surface area (TPSA) is 37.3 Å². The van der Waals surface area contributed by atoms with E-state index in [1.165, 1.54) is 38.6 Å². The lowest BCUT2D eigenvalue weighted by Gasteiger charge is -2.30. The van der Waals surface area contributed by atoms with Gasteiger partial charge in [0, 0.05) is 44.0 Å². The molecule has 2 fully saturated rings. The molecule has 1 aromatic rings. The van der Waals surface area contributed by atoms with E-state index in [-0.39, 0.29) is 5.56 Å². The minimum Gasteiger partial charge on any atom is -0.314 e. The number of nitrogens with zero attached hydrogens (tertiary/aromatic N) is 2. The van der Waals surface area contributed by atoms with Crippen molar-refractivity contribution in [2.75, 3.05) is 19.6 Å². The monoisotopic (exact) mass is 275 g/mol. The zero-order valence-electron chi connectivity index (χ0n) is 12.1. The van der Waals surface area contributed by atoms with Gasteiger partial charge in [0.05, 0.1) is 0 Å². The Balaban J connectivity index is 1.54. The molecule has 3 rings (SSSR count). The van der Waals surface area contributed by atoms with Gasteiger partial charge in [0.15, 0.2) is 0 Å². The largest absolute Gasteiger partial charge is 0.314 e. The summed E-state index contributed by atoms with van der Waals surface area (Å²) in [6.07, 6.45) is 8.53. The molecule has 1 unspecified atom stereocenters. The van der Waals surface area contributed by atoms with Crippen LogP contribution in [0.3, 0.4) is 0 Å². The zero-order chi connectivity index (χ0) is 13.8. The van der Waals surface area contributed by atoms with Gasteiger partial charge in [-0.15, -0.1) is 0 Å². The van der Waals surface area contributed by atoms with Crippen molar-refractivity contribution in [2.24, 2.45) is 0 Å². The van der Waals surface area contributed by atoms with Crippen molar-refractivity contribution in [1.82, 2.24) is 14.8 Å². The van der Waals surface area contributed by atoms with E-state index in [1.54, 1.807) is 6.07 Å². The van der Waals surface area contributed by atoms with Gasteiger partial charge in [-0.3, -0.25) is 9.69 Å². The van der Waals surface area contributed by atoms with Crippen LogP contribution in [0.15, 0.2) is 29.2 Å². The minimum absolute atomic E-state index is 0.110. The Kier molecular flexibility index (Phi) is 4.53. The molecule has 0 aromatic carbocycles. The first-order valence-electron chi connectivity index (χ1n) is 7.96. The molecule has 1 aromatic heterocycles. The van der Waals surface area contributed by atoms with Crippen LogP contribution >= 0.6 is 0 Å². The zero-order valence-corrected chi connectivity index (χ0v) is 12.1. The van der Waals surface area contributed by atoms with E-state index < -0.39 is 0 Å². The molecule has 20 heavy (non-hydrogen) atoms. The molecular formula is C16H25N3O. The lowest BCUT2D eigenvalue weighted by Crippen LogP contribution is -2.45. The van der Waals surface area contributed by atoms with Gasteiger partial charge in [-0.05, 0) is 38.3 Å². The highest BCUT2D eigenvalue weighted by atomic mass is 16.1. The maximum Gasteiger partial charge on any atom is 0.250 e. The maximum absolute atomic E-state index is 11.7. The Morgan fingerprint density at radius 3 is 2.85 bits per heavy atom. The lowest BCUT2D eigenvalue weighted by atomic mass is 10.0. The quantitative estimate of drug-likeness (QED) is 0.854. The van der Waals surface area contributed by atoms with Crippen LogP contribution in [0.25, 0.3) is 0 Å². The van der Waals surface area contributed by atoms with Crippen LogP contribution < -0.4 is 10.9 Å². The van der Waals surface area contributed by atoms with Crippen molar-refractivity contribution in [3.05, 3.63) is 34.7 Å². The Bertz CT molecular complexity index is 475. The molecule has 0 radical (unpaired) electrons. The van der Waals surface area contributed by atoms with E-state index in [1.807, 2.05) is 22.9 Å². The third-order valence-electron chi connectivity index (χ3n) is 4.46. The fourth-order valence-corrected chi connectivity index (χ4v) is 3.11. The van der Waals surface area contributed by atoms with Crippen molar-refractivity contribution in [2.45, 2.75) is 50.7 Å². The number of piperidine rings is 1. The average molecular weight is 275 g/mol. The second-order valence-electron chi connectivity index (χ2n) is 6.11. The Morgan fingerprint density at radius 1 is 1.25 bits per heavy atom. The van der Waals surface area contributed by atoms with Crippen molar-refractivity contribution in [3.63, 3.8) is 0 Å². The molecule has 1 saturated heterocycles. The van der Waals surface area contributed by atoms with Gasteiger partial charge in [0.2, 0.25) is 0 Å². The number of rotatable bonds is 6. The number of nitrogens with one attached hydrogen (secondary N) is 1. The number of pyridine rings is 1. The molecule has 0 spiro atoms. The van der Waals surface area contributed by atoms with E-state index in [2.05, 4.69) is 10.2 Å². The smallest absolute Gasteiger partial charge is 0.250 e. The fraction of sp³-hybridized carbons (Fsp3) is 0.688. The van der Waals surface area contributed by atoms with Gasteiger partial charge in [-0.2, -0.15) is 0 Å². The molecule has 110 valence electrons. The van der Waals surface area contributed by atoms with Gasteiger partial charge in [-0.25, -0.2) is 0 Å². The van der Waals surface area contributed by atoms with Gasteiger partial charge in [0.25, 0.3) is 5.56 Å². The summed E-state index contributed by atoms with van der Waals surface area (Å²) in [5, 5.41) is 3.63.